The van der Waals surface area contributed by atoms with E-state index in [9.17, 15) is 9.59 Å². The lowest BCUT2D eigenvalue weighted by molar-refractivity contribution is -0.114. The third-order valence-corrected chi connectivity index (χ3v) is 5.04. The van der Waals surface area contributed by atoms with E-state index in [1.807, 2.05) is 19.2 Å². The Kier molecular flexibility index (Phi) is 4.26. The number of hydrogen-bond acceptors (Lipinski definition) is 3. The van der Waals surface area contributed by atoms with E-state index in [1.165, 1.54) is 0 Å². The fourth-order valence-electron chi connectivity index (χ4n) is 3.33. The molecular formula is C20H18ClN3O2. The molecule has 1 N–H and O–H groups in total. The van der Waals surface area contributed by atoms with Gasteiger partial charge in [-0.1, -0.05) is 35.9 Å². The van der Waals surface area contributed by atoms with Gasteiger partial charge in [0.1, 0.15) is 0 Å². The van der Waals surface area contributed by atoms with Crippen LogP contribution in [0, 0.1) is 0 Å². The fourth-order valence-corrected chi connectivity index (χ4v) is 3.59. The summed E-state index contributed by atoms with van der Waals surface area (Å²) in [7, 11) is 2.02. The molecule has 2 aromatic carbocycles. The summed E-state index contributed by atoms with van der Waals surface area (Å²) < 4.78 is 0. The molecule has 0 saturated carbocycles. The van der Waals surface area contributed by atoms with Crippen LogP contribution in [0.2, 0.25) is 5.02 Å². The average Bonchev–Trinajstić information content (AvgIpc) is 2.77. The highest BCUT2D eigenvalue weighted by Gasteiger charge is 2.32. The molecule has 0 spiro atoms. The lowest BCUT2D eigenvalue weighted by Crippen LogP contribution is -2.33. The summed E-state index contributed by atoms with van der Waals surface area (Å²) in [5.74, 6) is -0.395. The zero-order valence-corrected chi connectivity index (χ0v) is 15.1. The van der Waals surface area contributed by atoms with Crippen LogP contribution in [0.1, 0.15) is 16.8 Å². The van der Waals surface area contributed by atoms with Crippen LogP contribution in [0.3, 0.4) is 0 Å². The molecule has 0 bridgehead atoms. The molecule has 2 aromatic rings. The second-order valence-electron chi connectivity index (χ2n) is 6.49. The topological polar surface area (TPSA) is 52.7 Å². The molecule has 2 aliphatic rings. The molecule has 2 aliphatic heterocycles. The number of nitrogens with one attached hydrogen (secondary N) is 1. The number of halogens is 1. The van der Waals surface area contributed by atoms with E-state index < -0.39 is 0 Å². The van der Waals surface area contributed by atoms with Crippen molar-refractivity contribution in [2.24, 2.45) is 0 Å². The van der Waals surface area contributed by atoms with Gasteiger partial charge in [-0.2, -0.15) is 0 Å². The quantitative estimate of drug-likeness (QED) is 0.833. The molecule has 0 aromatic heterocycles. The van der Waals surface area contributed by atoms with Gasteiger partial charge in [0.2, 0.25) is 0 Å². The largest absolute Gasteiger partial charge is 0.320 e. The maximum absolute atomic E-state index is 13.4. The van der Waals surface area contributed by atoms with Gasteiger partial charge in [-0.3, -0.25) is 14.5 Å². The number of fused-ring (bicyclic) bond motifs is 2. The Labute approximate surface area is 156 Å². The van der Waals surface area contributed by atoms with Gasteiger partial charge in [-0.05, 0) is 37.7 Å². The van der Waals surface area contributed by atoms with E-state index in [0.717, 1.165) is 18.7 Å². The Hall–Kier alpha value is -2.63. The van der Waals surface area contributed by atoms with Gasteiger partial charge in [0.25, 0.3) is 11.8 Å². The van der Waals surface area contributed by atoms with Crippen LogP contribution in [0.25, 0.3) is 0 Å². The molecule has 6 heteroatoms. The second-order valence-corrected chi connectivity index (χ2v) is 6.90. The Bertz CT molecular complexity index is 938. The van der Waals surface area contributed by atoms with Crippen molar-refractivity contribution in [3.05, 3.63) is 64.7 Å². The summed E-state index contributed by atoms with van der Waals surface area (Å²) in [5, 5.41) is 3.29. The Balaban J connectivity index is 1.91. The molecule has 26 heavy (non-hydrogen) atoms. The van der Waals surface area contributed by atoms with Crippen molar-refractivity contribution in [1.82, 2.24) is 4.90 Å². The van der Waals surface area contributed by atoms with Crippen LogP contribution in [0.4, 0.5) is 17.1 Å². The van der Waals surface area contributed by atoms with Crippen molar-refractivity contribution in [1.29, 1.82) is 0 Å². The summed E-state index contributed by atoms with van der Waals surface area (Å²) in [4.78, 5) is 29.8. The highest BCUT2D eigenvalue weighted by Crippen LogP contribution is 2.43. The molecule has 0 unspecified atom stereocenters. The third-order valence-electron chi connectivity index (χ3n) is 4.74. The molecule has 4 rings (SSSR count). The van der Waals surface area contributed by atoms with Gasteiger partial charge in [-0.15, -0.1) is 0 Å². The number of carbonyl (C=O) groups is 2. The van der Waals surface area contributed by atoms with Gasteiger partial charge >= 0.3 is 0 Å². The van der Waals surface area contributed by atoms with Gasteiger partial charge in [-0.25, -0.2) is 0 Å². The molecule has 0 saturated heterocycles. The number of likely N-dealkylation sites (N-methyl/N-ethyl adjacent to an activating group) is 1. The summed E-state index contributed by atoms with van der Waals surface area (Å²) in [5.41, 5.74) is 2.76. The van der Waals surface area contributed by atoms with Crippen LogP contribution in [0.15, 0.2) is 54.1 Å². The lowest BCUT2D eigenvalue weighted by atomic mass is 10.0. The number of hydrogen-bond donors (Lipinski definition) is 1. The summed E-state index contributed by atoms with van der Waals surface area (Å²) in [6.45, 7) is 1.54. The zero-order chi connectivity index (χ0) is 18.3. The van der Waals surface area contributed by atoms with Crippen LogP contribution in [-0.2, 0) is 4.79 Å². The minimum atomic E-state index is -0.253. The number of para-hydroxylation sites is 2. The van der Waals surface area contributed by atoms with Crippen LogP contribution in [-0.4, -0.2) is 36.9 Å². The molecule has 0 fully saturated rings. The molecule has 0 radical (unpaired) electrons. The van der Waals surface area contributed by atoms with Crippen molar-refractivity contribution >= 4 is 40.5 Å². The lowest BCUT2D eigenvalue weighted by Gasteiger charge is -2.28. The molecule has 2 amide bonds. The van der Waals surface area contributed by atoms with Crippen LogP contribution in [0.5, 0.6) is 0 Å². The molecular weight excluding hydrogens is 350 g/mol. The van der Waals surface area contributed by atoms with Gasteiger partial charge in [0.05, 0.1) is 27.6 Å². The predicted octanol–water partition coefficient (Wildman–Crippen LogP) is 3.83. The maximum atomic E-state index is 13.4. The number of rotatable bonds is 1. The normalized spacial score (nSPS) is 16.9. The number of carbonyl (C=O) groups excluding carboxylic acids is 2. The maximum Gasteiger partial charge on any atom is 0.258 e. The van der Waals surface area contributed by atoms with E-state index in [0.29, 0.717) is 34.1 Å². The smallest absolute Gasteiger partial charge is 0.258 e. The molecule has 0 aliphatic carbocycles. The van der Waals surface area contributed by atoms with E-state index in [-0.39, 0.29) is 11.8 Å². The van der Waals surface area contributed by atoms with Crippen molar-refractivity contribution < 1.29 is 9.59 Å². The minimum Gasteiger partial charge on any atom is -0.320 e. The fraction of sp³-hybridized carbons (Fsp3) is 0.200. The van der Waals surface area contributed by atoms with Crippen molar-refractivity contribution in [3.63, 3.8) is 0 Å². The first kappa shape index (κ1) is 16.8. The van der Waals surface area contributed by atoms with Crippen LogP contribution >= 0.6 is 11.6 Å². The monoisotopic (exact) mass is 367 g/mol. The van der Waals surface area contributed by atoms with E-state index in [1.54, 1.807) is 41.3 Å². The minimum absolute atomic E-state index is 0.142. The zero-order valence-electron chi connectivity index (χ0n) is 14.3. The molecule has 132 valence electrons. The second kappa shape index (κ2) is 6.59. The highest BCUT2D eigenvalue weighted by atomic mass is 35.5. The van der Waals surface area contributed by atoms with E-state index >= 15 is 0 Å². The molecule has 2 heterocycles. The summed E-state index contributed by atoms with van der Waals surface area (Å²) >= 11 is 6.46. The molecule has 0 atom stereocenters. The van der Waals surface area contributed by atoms with Crippen molar-refractivity contribution in [3.8, 4) is 0 Å². The molecule has 5 nitrogen and oxygen atoms in total. The first-order valence-electron chi connectivity index (χ1n) is 8.47. The standard InChI is InChI=1S/C20H18ClN3O2/c1-23-11-9-13(10-12-23)20(26)24-17-8-3-2-5-14(17)19(25)22-16-7-4-6-15(21)18(16)24/h2-9H,10-12H2,1H3,(H,22,25). The Morgan fingerprint density at radius 3 is 2.73 bits per heavy atom. The van der Waals surface area contributed by atoms with Crippen molar-refractivity contribution in [2.45, 2.75) is 6.42 Å². The number of nitrogens with zero attached hydrogens (tertiary/aromatic N) is 2. The van der Waals surface area contributed by atoms with Gasteiger partial charge < -0.3 is 10.2 Å². The van der Waals surface area contributed by atoms with Gasteiger partial charge in [0.15, 0.2) is 0 Å². The SMILES string of the molecule is CN1CC=C(C(=O)N2c3ccccc3C(=O)Nc3cccc(Cl)c32)CC1. The Morgan fingerprint density at radius 2 is 1.96 bits per heavy atom. The number of amides is 2. The van der Waals surface area contributed by atoms with E-state index in [4.69, 9.17) is 11.6 Å². The van der Waals surface area contributed by atoms with Gasteiger partial charge in [0, 0.05) is 18.7 Å². The summed E-state index contributed by atoms with van der Waals surface area (Å²) in [6.07, 6.45) is 2.61. The highest BCUT2D eigenvalue weighted by molar-refractivity contribution is 6.36. The Morgan fingerprint density at radius 1 is 1.15 bits per heavy atom. The van der Waals surface area contributed by atoms with Crippen molar-refractivity contribution in [2.75, 3.05) is 30.4 Å². The third kappa shape index (κ3) is 2.79. The average molecular weight is 368 g/mol. The van der Waals surface area contributed by atoms with E-state index in [2.05, 4.69) is 10.2 Å². The summed E-state index contributed by atoms with van der Waals surface area (Å²) in [6, 6.07) is 12.3. The first-order valence-corrected chi connectivity index (χ1v) is 8.85. The van der Waals surface area contributed by atoms with Crippen LogP contribution < -0.4 is 10.2 Å². The number of anilines is 3. The predicted molar refractivity (Wildman–Crippen MR) is 103 cm³/mol. The first-order chi connectivity index (χ1) is 12.6. The number of benzene rings is 2.